The van der Waals surface area contributed by atoms with Crippen LogP contribution in [0.1, 0.15) is 10.5 Å². The van der Waals surface area contributed by atoms with Crippen LogP contribution >= 0.6 is 0 Å². The fourth-order valence-electron chi connectivity index (χ4n) is 3.14. The Morgan fingerprint density at radius 1 is 0.786 bits per heavy atom. The lowest BCUT2D eigenvalue weighted by atomic mass is 9.93. The molecule has 4 rings (SSSR count). The van der Waals surface area contributed by atoms with Gasteiger partial charge < -0.3 is 5.73 Å². The number of primary amides is 1. The summed E-state index contributed by atoms with van der Waals surface area (Å²) in [5.41, 5.74) is 9.66. The number of carbonyl (C=O) groups excluding carboxylic acids is 1. The van der Waals surface area contributed by atoms with Crippen molar-refractivity contribution in [2.45, 2.75) is 0 Å². The van der Waals surface area contributed by atoms with E-state index in [0.29, 0.717) is 16.8 Å². The van der Waals surface area contributed by atoms with E-state index < -0.39 is 17.5 Å². The Balaban J connectivity index is 1.81. The van der Waals surface area contributed by atoms with Crippen molar-refractivity contribution in [1.82, 2.24) is 10.2 Å². The van der Waals surface area contributed by atoms with Crippen LogP contribution < -0.4 is 5.73 Å². The maximum Gasteiger partial charge on any atom is 0.266 e. The Morgan fingerprint density at radius 2 is 1.43 bits per heavy atom. The first-order chi connectivity index (χ1) is 13.5. The minimum Gasteiger partial charge on any atom is -0.364 e. The maximum absolute atomic E-state index is 13.7. The number of carbonyl (C=O) groups is 1. The fraction of sp³-hybridized carbons (Fsp3) is 0. The van der Waals surface area contributed by atoms with E-state index >= 15 is 0 Å². The van der Waals surface area contributed by atoms with Crippen molar-refractivity contribution in [2.24, 2.45) is 5.73 Å². The number of aromatic amines is 1. The SMILES string of the molecule is NC(=O)c1cc(-c2cccc(-c3ccccc3-c3cc(F)cc(F)c3)c2)n[nH]1. The zero-order valence-corrected chi connectivity index (χ0v) is 14.6. The first kappa shape index (κ1) is 17.6. The van der Waals surface area contributed by atoms with Crippen molar-refractivity contribution in [3.05, 3.63) is 90.1 Å². The lowest BCUT2D eigenvalue weighted by Crippen LogP contribution is -2.10. The number of rotatable bonds is 4. The molecule has 0 fully saturated rings. The number of aromatic nitrogens is 2. The molecule has 4 nitrogen and oxygen atoms in total. The zero-order chi connectivity index (χ0) is 19.7. The molecule has 1 amide bonds. The Labute approximate surface area is 159 Å². The van der Waals surface area contributed by atoms with Crippen LogP contribution in [0.5, 0.6) is 0 Å². The smallest absolute Gasteiger partial charge is 0.266 e. The summed E-state index contributed by atoms with van der Waals surface area (Å²) in [6, 6.07) is 19.9. The van der Waals surface area contributed by atoms with Gasteiger partial charge in [0, 0.05) is 11.6 Å². The average molecular weight is 375 g/mol. The van der Waals surface area contributed by atoms with Crippen molar-refractivity contribution in [1.29, 1.82) is 0 Å². The van der Waals surface area contributed by atoms with Gasteiger partial charge in [0.15, 0.2) is 0 Å². The van der Waals surface area contributed by atoms with Gasteiger partial charge in [-0.05, 0) is 46.5 Å². The molecule has 1 heterocycles. The fourth-order valence-corrected chi connectivity index (χ4v) is 3.14. The molecular formula is C22H15F2N3O. The number of H-pyrrole nitrogens is 1. The van der Waals surface area contributed by atoms with Gasteiger partial charge in [-0.25, -0.2) is 8.78 Å². The topological polar surface area (TPSA) is 71.8 Å². The summed E-state index contributed by atoms with van der Waals surface area (Å²) in [5, 5.41) is 6.73. The van der Waals surface area contributed by atoms with Gasteiger partial charge >= 0.3 is 0 Å². The highest BCUT2D eigenvalue weighted by atomic mass is 19.1. The van der Waals surface area contributed by atoms with Crippen molar-refractivity contribution in [3.8, 4) is 33.5 Å². The molecular weight excluding hydrogens is 360 g/mol. The lowest BCUT2D eigenvalue weighted by Gasteiger charge is -2.11. The Morgan fingerprint density at radius 3 is 2.07 bits per heavy atom. The molecule has 28 heavy (non-hydrogen) atoms. The van der Waals surface area contributed by atoms with E-state index in [9.17, 15) is 13.6 Å². The molecule has 0 aliphatic rings. The van der Waals surface area contributed by atoms with E-state index in [0.717, 1.165) is 22.8 Å². The maximum atomic E-state index is 13.7. The van der Waals surface area contributed by atoms with Crippen molar-refractivity contribution in [2.75, 3.05) is 0 Å². The van der Waals surface area contributed by atoms with Gasteiger partial charge in [-0.15, -0.1) is 0 Å². The van der Waals surface area contributed by atoms with Gasteiger partial charge in [-0.1, -0.05) is 42.5 Å². The van der Waals surface area contributed by atoms with E-state index in [1.165, 1.54) is 12.1 Å². The third-order valence-electron chi connectivity index (χ3n) is 4.41. The largest absolute Gasteiger partial charge is 0.364 e. The third kappa shape index (κ3) is 3.40. The summed E-state index contributed by atoms with van der Waals surface area (Å²) in [7, 11) is 0. The molecule has 0 aliphatic carbocycles. The minimum absolute atomic E-state index is 0.219. The summed E-state index contributed by atoms with van der Waals surface area (Å²) in [4.78, 5) is 11.3. The lowest BCUT2D eigenvalue weighted by molar-refractivity contribution is 0.0995. The molecule has 1 aromatic heterocycles. The molecule has 0 radical (unpaired) electrons. The van der Waals surface area contributed by atoms with E-state index in [-0.39, 0.29) is 5.69 Å². The van der Waals surface area contributed by atoms with Crippen LogP contribution in [-0.2, 0) is 0 Å². The number of hydrogen-bond donors (Lipinski definition) is 2. The molecule has 0 aliphatic heterocycles. The Bertz CT molecular complexity index is 1160. The first-order valence-electron chi connectivity index (χ1n) is 8.53. The molecule has 0 spiro atoms. The molecule has 0 atom stereocenters. The molecule has 4 aromatic rings. The highest BCUT2D eigenvalue weighted by molar-refractivity contribution is 5.92. The van der Waals surface area contributed by atoms with Crippen molar-refractivity contribution < 1.29 is 13.6 Å². The number of halogens is 2. The second kappa shape index (κ2) is 7.08. The third-order valence-corrected chi connectivity index (χ3v) is 4.41. The van der Waals surface area contributed by atoms with Gasteiger partial charge in [-0.2, -0.15) is 5.10 Å². The number of nitrogens with two attached hydrogens (primary N) is 1. The monoisotopic (exact) mass is 375 g/mol. The van der Waals surface area contributed by atoms with Gasteiger partial charge in [0.25, 0.3) is 5.91 Å². The number of nitrogens with one attached hydrogen (secondary N) is 1. The zero-order valence-electron chi connectivity index (χ0n) is 14.6. The van der Waals surface area contributed by atoms with Crippen molar-refractivity contribution >= 4 is 5.91 Å². The predicted octanol–water partition coefficient (Wildman–Crippen LogP) is 4.79. The molecule has 0 unspecified atom stereocenters. The van der Waals surface area contributed by atoms with Crippen LogP contribution in [0.3, 0.4) is 0 Å². The predicted molar refractivity (Wildman–Crippen MR) is 103 cm³/mol. The average Bonchev–Trinajstić information content (AvgIpc) is 3.18. The van der Waals surface area contributed by atoms with Gasteiger partial charge in [0.05, 0.1) is 5.69 Å². The molecule has 0 saturated carbocycles. The normalized spacial score (nSPS) is 10.8. The molecule has 6 heteroatoms. The van der Waals surface area contributed by atoms with Crippen LogP contribution in [0.2, 0.25) is 0 Å². The van der Waals surface area contributed by atoms with Crippen LogP contribution in [0, 0.1) is 11.6 Å². The molecule has 0 saturated heterocycles. The van der Waals surface area contributed by atoms with E-state index in [1.807, 2.05) is 48.5 Å². The Hall–Kier alpha value is -3.80. The second-order valence-corrected chi connectivity index (χ2v) is 6.32. The summed E-state index contributed by atoms with van der Waals surface area (Å²) < 4.78 is 27.4. The van der Waals surface area contributed by atoms with Gasteiger partial charge in [0.2, 0.25) is 0 Å². The van der Waals surface area contributed by atoms with Crippen molar-refractivity contribution in [3.63, 3.8) is 0 Å². The summed E-state index contributed by atoms with van der Waals surface area (Å²) in [5.74, 6) is -1.85. The highest BCUT2D eigenvalue weighted by Gasteiger charge is 2.12. The van der Waals surface area contributed by atoms with Crippen LogP contribution in [0.15, 0.2) is 72.8 Å². The van der Waals surface area contributed by atoms with E-state index in [2.05, 4.69) is 10.2 Å². The summed E-state index contributed by atoms with van der Waals surface area (Å²) in [6.45, 7) is 0. The van der Waals surface area contributed by atoms with E-state index in [4.69, 9.17) is 5.73 Å². The number of benzene rings is 3. The van der Waals surface area contributed by atoms with Crippen LogP contribution in [0.4, 0.5) is 8.78 Å². The molecule has 3 aromatic carbocycles. The quantitative estimate of drug-likeness (QED) is 0.538. The van der Waals surface area contributed by atoms with Crippen LogP contribution in [-0.4, -0.2) is 16.1 Å². The summed E-state index contributed by atoms with van der Waals surface area (Å²) >= 11 is 0. The number of amides is 1. The number of hydrogen-bond acceptors (Lipinski definition) is 2. The first-order valence-corrected chi connectivity index (χ1v) is 8.53. The van der Waals surface area contributed by atoms with Gasteiger partial charge in [-0.3, -0.25) is 9.89 Å². The second-order valence-electron chi connectivity index (χ2n) is 6.32. The summed E-state index contributed by atoms with van der Waals surface area (Å²) in [6.07, 6.45) is 0. The number of nitrogens with zero attached hydrogens (tertiary/aromatic N) is 1. The minimum atomic E-state index is -0.631. The van der Waals surface area contributed by atoms with E-state index in [1.54, 1.807) is 6.07 Å². The van der Waals surface area contributed by atoms with Gasteiger partial charge in [0.1, 0.15) is 17.3 Å². The molecule has 0 bridgehead atoms. The molecule has 3 N–H and O–H groups in total. The highest BCUT2D eigenvalue weighted by Crippen LogP contribution is 2.34. The molecule has 138 valence electrons. The standard InChI is InChI=1S/C22H15F2N3O/c23-16-9-15(10-17(24)11-16)19-7-2-1-6-18(19)13-4-3-5-14(8-13)20-12-21(22(25)28)27-26-20/h1-12H,(H2,25,28)(H,26,27). The Kier molecular flexibility index (Phi) is 4.45. The van der Waals surface area contributed by atoms with Crippen LogP contribution in [0.25, 0.3) is 33.5 Å².